The Morgan fingerprint density at radius 1 is 0.689 bits per heavy atom. The molecule has 10 nitrogen and oxygen atoms in total. The SMILES string of the molecule is CC(C)C[C@H](NC(=O)OCc1ccccc1)C(=O)N[C@@H](CC(C)C)C(=O)N[C@@H](CC(C)C)C(O)C(=O)NCc1ccc(F)cc1. The van der Waals surface area contributed by atoms with E-state index in [1.807, 2.05) is 71.9 Å². The Morgan fingerprint density at radius 3 is 1.78 bits per heavy atom. The first-order chi connectivity index (χ1) is 21.2. The van der Waals surface area contributed by atoms with E-state index in [4.69, 9.17) is 4.74 Å². The molecule has 0 heterocycles. The number of rotatable bonds is 17. The van der Waals surface area contributed by atoms with Crippen LogP contribution in [0.4, 0.5) is 9.18 Å². The minimum absolute atomic E-state index is 0.0147. The van der Waals surface area contributed by atoms with Crippen molar-refractivity contribution in [1.82, 2.24) is 21.3 Å². The summed E-state index contributed by atoms with van der Waals surface area (Å²) in [6.45, 7) is 11.5. The third kappa shape index (κ3) is 14.1. The van der Waals surface area contributed by atoms with Crippen molar-refractivity contribution in [3.05, 3.63) is 71.5 Å². The van der Waals surface area contributed by atoms with E-state index in [1.54, 1.807) is 0 Å². The number of nitrogens with one attached hydrogen (secondary N) is 4. The van der Waals surface area contributed by atoms with Crippen LogP contribution < -0.4 is 21.3 Å². The molecule has 4 atom stereocenters. The average molecular weight is 629 g/mol. The molecule has 0 aliphatic carbocycles. The average Bonchev–Trinajstić information content (AvgIpc) is 2.98. The van der Waals surface area contributed by atoms with Crippen LogP contribution in [0.1, 0.15) is 71.9 Å². The van der Waals surface area contributed by atoms with Crippen LogP contribution in [0.25, 0.3) is 0 Å². The molecule has 11 heteroatoms. The highest BCUT2D eigenvalue weighted by Gasteiger charge is 2.33. The normalized spacial score (nSPS) is 13.9. The maximum atomic E-state index is 13.6. The Bertz CT molecular complexity index is 1220. The third-order valence-corrected chi connectivity index (χ3v) is 6.95. The molecule has 0 radical (unpaired) electrons. The summed E-state index contributed by atoms with van der Waals surface area (Å²) < 4.78 is 18.5. The Morgan fingerprint density at radius 2 is 1.22 bits per heavy atom. The lowest BCUT2D eigenvalue weighted by Crippen LogP contribution is -2.58. The van der Waals surface area contributed by atoms with Crippen LogP contribution in [-0.2, 0) is 32.3 Å². The van der Waals surface area contributed by atoms with E-state index in [9.17, 15) is 28.7 Å². The van der Waals surface area contributed by atoms with Gasteiger partial charge in [-0.15, -0.1) is 0 Å². The largest absolute Gasteiger partial charge is 0.445 e. The molecule has 1 unspecified atom stereocenters. The van der Waals surface area contributed by atoms with Gasteiger partial charge in [-0.05, 0) is 60.3 Å². The van der Waals surface area contributed by atoms with E-state index >= 15 is 0 Å². The third-order valence-electron chi connectivity index (χ3n) is 6.95. The predicted molar refractivity (Wildman–Crippen MR) is 170 cm³/mol. The van der Waals surface area contributed by atoms with E-state index in [0.29, 0.717) is 18.4 Å². The number of amides is 4. The molecule has 0 aromatic heterocycles. The molecular weight excluding hydrogens is 579 g/mol. The standard InChI is InChI=1S/C34H49FN4O6/c1-21(2)16-27(30(40)33(43)36-19-24-12-14-26(35)15-13-24)37-31(41)28(17-22(3)4)38-32(42)29(18-23(5)6)39-34(44)45-20-25-10-8-7-9-11-25/h7-15,21-23,27-30,40H,16-20H2,1-6H3,(H,36,43)(H,37,41)(H,38,42)(H,39,44)/t27-,28-,29-,30?/m0/s1. The number of benzene rings is 2. The van der Waals surface area contributed by atoms with Crippen LogP contribution in [-0.4, -0.2) is 53.2 Å². The number of aliphatic hydroxyl groups is 1. The molecule has 0 saturated heterocycles. The van der Waals surface area contributed by atoms with E-state index in [0.717, 1.165) is 5.56 Å². The Hall–Kier alpha value is -3.99. The zero-order valence-electron chi connectivity index (χ0n) is 27.1. The number of hydrogen-bond donors (Lipinski definition) is 5. The van der Waals surface area contributed by atoms with E-state index in [-0.39, 0.29) is 37.3 Å². The number of aliphatic hydroxyl groups excluding tert-OH is 1. The zero-order valence-corrected chi connectivity index (χ0v) is 27.1. The first-order valence-corrected chi connectivity index (χ1v) is 15.5. The fourth-order valence-electron chi connectivity index (χ4n) is 4.72. The Kier molecular flexibility index (Phi) is 15.5. The summed E-state index contributed by atoms with van der Waals surface area (Å²) in [6, 6.07) is 11.9. The number of hydrogen-bond acceptors (Lipinski definition) is 6. The number of alkyl carbamates (subject to hydrolysis) is 1. The summed E-state index contributed by atoms with van der Waals surface area (Å²) in [6.07, 6.45) is -1.43. The van der Waals surface area contributed by atoms with Crippen LogP contribution in [0.15, 0.2) is 54.6 Å². The summed E-state index contributed by atoms with van der Waals surface area (Å²) >= 11 is 0. The molecule has 2 aromatic carbocycles. The lowest BCUT2D eigenvalue weighted by atomic mass is 9.96. The quantitative estimate of drug-likeness (QED) is 0.178. The fourth-order valence-corrected chi connectivity index (χ4v) is 4.72. The fraction of sp³-hybridized carbons (Fsp3) is 0.529. The van der Waals surface area contributed by atoms with Crippen LogP contribution >= 0.6 is 0 Å². The van der Waals surface area contributed by atoms with Gasteiger partial charge >= 0.3 is 6.09 Å². The molecule has 0 bridgehead atoms. The number of carbonyl (C=O) groups is 4. The summed E-state index contributed by atoms with van der Waals surface area (Å²) in [5, 5.41) is 21.7. The molecule has 2 rings (SSSR count). The van der Waals surface area contributed by atoms with Crippen molar-refractivity contribution in [3.63, 3.8) is 0 Å². The van der Waals surface area contributed by atoms with Gasteiger partial charge in [0, 0.05) is 6.54 Å². The van der Waals surface area contributed by atoms with Gasteiger partial charge in [-0.25, -0.2) is 9.18 Å². The van der Waals surface area contributed by atoms with Gasteiger partial charge in [-0.3, -0.25) is 14.4 Å². The van der Waals surface area contributed by atoms with Crippen LogP contribution in [0.3, 0.4) is 0 Å². The number of ether oxygens (including phenoxy) is 1. The summed E-state index contributed by atoms with van der Waals surface area (Å²) in [5.41, 5.74) is 1.45. The second kappa shape index (κ2) is 18.7. The summed E-state index contributed by atoms with van der Waals surface area (Å²) in [4.78, 5) is 52.4. The first-order valence-electron chi connectivity index (χ1n) is 15.5. The van der Waals surface area contributed by atoms with Crippen molar-refractivity contribution in [2.24, 2.45) is 17.8 Å². The first kappa shape index (κ1) is 37.2. The molecule has 0 aliphatic rings. The molecule has 45 heavy (non-hydrogen) atoms. The molecule has 0 aliphatic heterocycles. The van der Waals surface area contributed by atoms with Crippen molar-refractivity contribution in [3.8, 4) is 0 Å². The van der Waals surface area contributed by atoms with Crippen LogP contribution in [0.5, 0.6) is 0 Å². The molecule has 5 N–H and O–H groups in total. The predicted octanol–water partition coefficient (Wildman–Crippen LogP) is 4.21. The van der Waals surface area contributed by atoms with Gasteiger partial charge in [0.2, 0.25) is 11.8 Å². The highest BCUT2D eigenvalue weighted by atomic mass is 19.1. The smallest absolute Gasteiger partial charge is 0.408 e. The minimum atomic E-state index is -1.57. The van der Waals surface area contributed by atoms with Crippen LogP contribution in [0, 0.1) is 23.6 Å². The highest BCUT2D eigenvalue weighted by Crippen LogP contribution is 2.13. The van der Waals surface area contributed by atoms with Crippen LogP contribution in [0.2, 0.25) is 0 Å². The minimum Gasteiger partial charge on any atom is -0.445 e. The van der Waals surface area contributed by atoms with E-state index in [2.05, 4.69) is 21.3 Å². The van der Waals surface area contributed by atoms with Crippen molar-refractivity contribution < 1.29 is 33.4 Å². The van der Waals surface area contributed by atoms with Gasteiger partial charge in [-0.2, -0.15) is 0 Å². The maximum Gasteiger partial charge on any atom is 0.408 e. The van der Waals surface area contributed by atoms with E-state index in [1.165, 1.54) is 24.3 Å². The van der Waals surface area contributed by atoms with Gasteiger partial charge < -0.3 is 31.1 Å². The molecule has 2 aromatic rings. The second-order valence-electron chi connectivity index (χ2n) is 12.6. The van der Waals surface area contributed by atoms with Gasteiger partial charge in [0.25, 0.3) is 5.91 Å². The van der Waals surface area contributed by atoms with Gasteiger partial charge in [-0.1, -0.05) is 84.0 Å². The van der Waals surface area contributed by atoms with Gasteiger partial charge in [0.05, 0.1) is 6.04 Å². The zero-order chi connectivity index (χ0) is 33.5. The lowest BCUT2D eigenvalue weighted by Gasteiger charge is -2.29. The molecule has 248 valence electrons. The van der Waals surface area contributed by atoms with Gasteiger partial charge in [0.1, 0.15) is 24.5 Å². The monoisotopic (exact) mass is 628 g/mol. The van der Waals surface area contributed by atoms with Gasteiger partial charge in [0.15, 0.2) is 6.10 Å². The van der Waals surface area contributed by atoms with E-state index < -0.39 is 53.9 Å². The van der Waals surface area contributed by atoms with Crippen molar-refractivity contribution in [2.75, 3.05) is 0 Å². The number of carbonyl (C=O) groups excluding carboxylic acids is 4. The summed E-state index contributed by atoms with van der Waals surface area (Å²) in [5.74, 6) is -2.10. The Labute approximate surface area is 265 Å². The molecule has 0 saturated carbocycles. The lowest BCUT2D eigenvalue weighted by molar-refractivity contribution is -0.135. The van der Waals surface area contributed by atoms with Crippen molar-refractivity contribution >= 4 is 23.8 Å². The topological polar surface area (TPSA) is 146 Å². The molecular formula is C34H49FN4O6. The molecule has 0 fully saturated rings. The molecule has 0 spiro atoms. The number of halogens is 1. The molecule has 4 amide bonds. The maximum absolute atomic E-state index is 13.6. The Balaban J connectivity index is 2.10. The second-order valence-corrected chi connectivity index (χ2v) is 12.6. The van der Waals surface area contributed by atoms with Crippen molar-refractivity contribution in [2.45, 2.75) is 98.2 Å². The van der Waals surface area contributed by atoms with Crippen molar-refractivity contribution in [1.29, 1.82) is 0 Å². The highest BCUT2D eigenvalue weighted by molar-refractivity contribution is 5.92. The summed E-state index contributed by atoms with van der Waals surface area (Å²) in [7, 11) is 0.